The molecule has 1 aromatic heterocycles. The van der Waals surface area contributed by atoms with Crippen LogP contribution in [0.25, 0.3) is 0 Å². The Kier molecular flexibility index (Phi) is 8.49. The molecule has 0 spiro atoms. The van der Waals surface area contributed by atoms with Gasteiger partial charge in [-0.1, -0.05) is 0 Å². The molecule has 0 bridgehead atoms. The molecule has 0 aliphatic heterocycles. The number of unbranched alkanes of at least 4 members (excludes halogenated alkanes) is 1. The molecule has 30 heavy (non-hydrogen) atoms. The van der Waals surface area contributed by atoms with Crippen LogP contribution in [0.3, 0.4) is 0 Å². The molecule has 0 radical (unpaired) electrons. The van der Waals surface area contributed by atoms with Crippen molar-refractivity contribution in [1.29, 1.82) is 0 Å². The van der Waals surface area contributed by atoms with Crippen LogP contribution in [0.1, 0.15) is 33.6 Å². The second-order valence-corrected chi connectivity index (χ2v) is 7.50. The Labute approximate surface area is 176 Å². The van der Waals surface area contributed by atoms with E-state index in [4.69, 9.17) is 4.74 Å². The van der Waals surface area contributed by atoms with Crippen molar-refractivity contribution >= 4 is 23.5 Å². The van der Waals surface area contributed by atoms with E-state index in [2.05, 4.69) is 20.6 Å². The van der Waals surface area contributed by atoms with Crippen LogP contribution in [-0.4, -0.2) is 53.0 Å². The number of nitrogens with zero attached hydrogens (tertiary/aromatic N) is 3. The molecule has 3 N–H and O–H groups in total. The predicted molar refractivity (Wildman–Crippen MR) is 114 cm³/mol. The zero-order valence-electron chi connectivity index (χ0n) is 17.9. The van der Waals surface area contributed by atoms with Crippen LogP contribution < -0.4 is 15.5 Å². The molecular weight excluding hydrogens is 389 g/mol. The number of halogens is 1. The molecule has 1 atom stereocenters. The maximum absolute atomic E-state index is 13.4. The van der Waals surface area contributed by atoms with Crippen LogP contribution in [0.2, 0.25) is 0 Å². The fourth-order valence-corrected chi connectivity index (χ4v) is 2.50. The Bertz CT molecular complexity index is 811. The van der Waals surface area contributed by atoms with Crippen molar-refractivity contribution in [2.75, 3.05) is 30.5 Å². The van der Waals surface area contributed by atoms with Crippen molar-refractivity contribution in [3.05, 3.63) is 42.3 Å². The minimum Gasteiger partial charge on any atom is -0.388 e. The average Bonchev–Trinajstić information content (AvgIpc) is 2.69. The van der Waals surface area contributed by atoms with E-state index >= 15 is 0 Å². The number of ether oxygens (including phenoxy) is 1. The average molecular weight is 420 g/mol. The summed E-state index contributed by atoms with van der Waals surface area (Å²) in [6, 6.07) is 6.45. The second-order valence-electron chi connectivity index (χ2n) is 7.50. The molecule has 8 nitrogen and oxygen atoms in total. The lowest BCUT2D eigenvalue weighted by atomic mass is 10.0. The molecule has 0 aliphatic carbocycles. The van der Waals surface area contributed by atoms with Gasteiger partial charge in [0.25, 0.3) is 0 Å². The zero-order chi connectivity index (χ0) is 22.1. The minimum absolute atomic E-state index is 0.266. The van der Waals surface area contributed by atoms with Crippen molar-refractivity contribution in [3.63, 3.8) is 0 Å². The van der Waals surface area contributed by atoms with E-state index in [-0.39, 0.29) is 18.0 Å². The van der Waals surface area contributed by atoms with Crippen LogP contribution in [-0.2, 0) is 4.74 Å². The van der Waals surface area contributed by atoms with Gasteiger partial charge in [0, 0.05) is 32.5 Å². The van der Waals surface area contributed by atoms with Crippen molar-refractivity contribution in [1.82, 2.24) is 15.3 Å². The van der Waals surface area contributed by atoms with E-state index < -0.39 is 11.4 Å². The van der Waals surface area contributed by atoms with Gasteiger partial charge in [-0.25, -0.2) is 19.1 Å². The summed E-state index contributed by atoms with van der Waals surface area (Å²) in [7, 11) is 1.63. The summed E-state index contributed by atoms with van der Waals surface area (Å²) in [5, 5.41) is 16.0. The van der Waals surface area contributed by atoms with E-state index in [1.807, 2.05) is 0 Å². The van der Waals surface area contributed by atoms with Gasteiger partial charge in [0.2, 0.25) is 5.95 Å². The monoisotopic (exact) mass is 419 g/mol. The largest absolute Gasteiger partial charge is 0.388 e. The first-order valence-corrected chi connectivity index (χ1v) is 9.87. The standard InChI is InChI=1S/C21H30FN5O3/c1-15(21(2,3)29)25-19-23-13-11-18(26-19)27(17-9-7-16(22)8-10-17)20(28)24-12-5-6-14-30-4/h7-11,13,15,29H,5-6,12,14H2,1-4H3,(H,24,28)(H,23,25,26)/t15-/m0/s1. The first-order valence-electron chi connectivity index (χ1n) is 9.87. The molecule has 2 amide bonds. The molecule has 1 heterocycles. The zero-order valence-corrected chi connectivity index (χ0v) is 17.9. The molecule has 0 saturated carbocycles. The van der Waals surface area contributed by atoms with Gasteiger partial charge in [-0.3, -0.25) is 0 Å². The van der Waals surface area contributed by atoms with Gasteiger partial charge < -0.3 is 20.5 Å². The highest BCUT2D eigenvalue weighted by Crippen LogP contribution is 2.25. The minimum atomic E-state index is -0.990. The third kappa shape index (κ3) is 6.93. The van der Waals surface area contributed by atoms with Crippen molar-refractivity contribution in [2.24, 2.45) is 0 Å². The number of urea groups is 1. The lowest BCUT2D eigenvalue weighted by Crippen LogP contribution is -2.40. The van der Waals surface area contributed by atoms with E-state index in [0.29, 0.717) is 24.7 Å². The fourth-order valence-electron chi connectivity index (χ4n) is 2.50. The van der Waals surface area contributed by atoms with Gasteiger partial charge in [-0.05, 0) is 57.9 Å². The summed E-state index contributed by atoms with van der Waals surface area (Å²) in [6.45, 7) is 6.25. The molecule has 9 heteroatoms. The first kappa shape index (κ1) is 23.5. The van der Waals surface area contributed by atoms with Crippen LogP contribution in [0.15, 0.2) is 36.5 Å². The van der Waals surface area contributed by atoms with Crippen molar-refractivity contribution in [3.8, 4) is 0 Å². The highest BCUT2D eigenvalue weighted by molar-refractivity contribution is 5.98. The number of hydrogen-bond donors (Lipinski definition) is 3. The molecule has 1 aromatic carbocycles. The number of aliphatic hydroxyl groups is 1. The molecule has 2 aromatic rings. The van der Waals surface area contributed by atoms with Gasteiger partial charge in [-0.2, -0.15) is 4.98 Å². The highest BCUT2D eigenvalue weighted by Gasteiger charge is 2.24. The van der Waals surface area contributed by atoms with Gasteiger partial charge in [0.1, 0.15) is 11.6 Å². The molecule has 0 unspecified atom stereocenters. The summed E-state index contributed by atoms with van der Waals surface area (Å²) in [6.07, 6.45) is 3.10. The third-order valence-corrected chi connectivity index (χ3v) is 4.61. The number of methoxy groups -OCH3 is 1. The molecule has 2 rings (SSSR count). The fraction of sp³-hybridized carbons (Fsp3) is 0.476. The van der Waals surface area contributed by atoms with Gasteiger partial charge in [-0.15, -0.1) is 0 Å². The van der Waals surface area contributed by atoms with Crippen molar-refractivity contribution in [2.45, 2.75) is 45.3 Å². The summed E-state index contributed by atoms with van der Waals surface area (Å²) < 4.78 is 18.4. The van der Waals surface area contributed by atoms with Gasteiger partial charge in [0.15, 0.2) is 0 Å². The Hall–Kier alpha value is -2.78. The quantitative estimate of drug-likeness (QED) is 0.510. The maximum atomic E-state index is 13.4. The summed E-state index contributed by atoms with van der Waals surface area (Å²) in [4.78, 5) is 22.9. The molecule has 0 saturated heterocycles. The molecule has 0 fully saturated rings. The smallest absolute Gasteiger partial charge is 0.327 e. The van der Waals surface area contributed by atoms with E-state index in [0.717, 1.165) is 12.8 Å². The Morgan fingerprint density at radius 2 is 1.97 bits per heavy atom. The number of carbonyl (C=O) groups excluding carboxylic acids is 1. The van der Waals surface area contributed by atoms with Crippen molar-refractivity contribution < 1.29 is 19.0 Å². The number of rotatable bonds is 10. The Balaban J connectivity index is 2.25. The van der Waals surface area contributed by atoms with E-state index in [9.17, 15) is 14.3 Å². The number of anilines is 3. The number of benzene rings is 1. The lowest BCUT2D eigenvalue weighted by molar-refractivity contribution is 0.0646. The number of carbonyl (C=O) groups is 1. The summed E-state index contributed by atoms with van der Waals surface area (Å²) >= 11 is 0. The van der Waals surface area contributed by atoms with Gasteiger partial charge >= 0.3 is 6.03 Å². The SMILES string of the molecule is COCCCCNC(=O)N(c1ccc(F)cc1)c1ccnc(N[C@@H](C)C(C)(C)O)n1. The number of nitrogens with one attached hydrogen (secondary N) is 2. The first-order chi connectivity index (χ1) is 14.2. The van der Waals surface area contributed by atoms with Crippen LogP contribution in [0.5, 0.6) is 0 Å². The Morgan fingerprint density at radius 3 is 2.60 bits per heavy atom. The third-order valence-electron chi connectivity index (χ3n) is 4.61. The molecular formula is C21H30FN5O3. The summed E-state index contributed by atoms with van der Waals surface area (Å²) in [5.74, 6) is 0.182. The summed E-state index contributed by atoms with van der Waals surface area (Å²) in [5.41, 5.74) is -0.527. The van der Waals surface area contributed by atoms with Crippen LogP contribution >= 0.6 is 0 Å². The number of aromatic nitrogens is 2. The van der Waals surface area contributed by atoms with Crippen LogP contribution in [0.4, 0.5) is 26.6 Å². The van der Waals surface area contributed by atoms with E-state index in [1.54, 1.807) is 33.9 Å². The predicted octanol–water partition coefficient (Wildman–Crippen LogP) is 3.46. The Morgan fingerprint density at radius 1 is 1.27 bits per heavy atom. The number of hydrogen-bond acceptors (Lipinski definition) is 6. The maximum Gasteiger partial charge on any atom is 0.327 e. The highest BCUT2D eigenvalue weighted by atomic mass is 19.1. The lowest BCUT2D eigenvalue weighted by Gasteiger charge is -2.27. The van der Waals surface area contributed by atoms with Crippen LogP contribution in [0, 0.1) is 5.82 Å². The van der Waals surface area contributed by atoms with Gasteiger partial charge in [0.05, 0.1) is 17.3 Å². The second kappa shape index (κ2) is 10.8. The topological polar surface area (TPSA) is 99.6 Å². The normalized spacial score (nSPS) is 12.3. The molecule has 0 aliphatic rings. The van der Waals surface area contributed by atoms with E-state index in [1.165, 1.54) is 35.4 Å². The number of amides is 2. The molecule has 164 valence electrons.